The third-order valence-electron chi connectivity index (χ3n) is 3.41. The van der Waals surface area contributed by atoms with Gasteiger partial charge in [0.25, 0.3) is 0 Å². The molecule has 0 aromatic heterocycles. The zero-order valence-electron chi connectivity index (χ0n) is 11.0. The highest BCUT2D eigenvalue weighted by Crippen LogP contribution is 2.32. The molecule has 1 fully saturated rings. The van der Waals surface area contributed by atoms with Gasteiger partial charge in [-0.05, 0) is 31.0 Å². The molecule has 1 aromatic rings. The molecular formula is C14H17F4NO. The average molecular weight is 291 g/mol. The number of aryl methyl sites for hydroxylation is 1. The molecule has 1 aliphatic rings. The Morgan fingerprint density at radius 3 is 2.50 bits per heavy atom. The molecule has 20 heavy (non-hydrogen) atoms. The summed E-state index contributed by atoms with van der Waals surface area (Å²) in [6.45, 7) is 3.75. The molecule has 6 heteroatoms. The lowest BCUT2D eigenvalue weighted by Gasteiger charge is -2.26. The van der Waals surface area contributed by atoms with Crippen molar-refractivity contribution in [2.24, 2.45) is 0 Å². The van der Waals surface area contributed by atoms with Crippen LogP contribution in [-0.4, -0.2) is 37.7 Å². The van der Waals surface area contributed by atoms with E-state index >= 15 is 0 Å². The molecule has 0 spiro atoms. The van der Waals surface area contributed by atoms with E-state index in [4.69, 9.17) is 4.74 Å². The smallest absolute Gasteiger partial charge is 0.379 e. The number of morpholine rings is 1. The van der Waals surface area contributed by atoms with E-state index in [0.717, 1.165) is 25.7 Å². The summed E-state index contributed by atoms with van der Waals surface area (Å²) in [5.41, 5.74) is -1.05. The lowest BCUT2D eigenvalue weighted by molar-refractivity contribution is -0.140. The summed E-state index contributed by atoms with van der Waals surface area (Å²) in [4.78, 5) is 2.18. The highest BCUT2D eigenvalue weighted by atomic mass is 19.4. The van der Waals surface area contributed by atoms with Gasteiger partial charge in [-0.3, -0.25) is 4.90 Å². The van der Waals surface area contributed by atoms with E-state index in [1.54, 1.807) is 0 Å². The molecule has 112 valence electrons. The lowest BCUT2D eigenvalue weighted by Crippen LogP contribution is -2.37. The Morgan fingerprint density at radius 1 is 1.15 bits per heavy atom. The van der Waals surface area contributed by atoms with E-state index in [-0.39, 0.29) is 5.56 Å². The predicted octanol–water partition coefficient (Wildman–Crippen LogP) is 3.11. The van der Waals surface area contributed by atoms with E-state index in [0.29, 0.717) is 26.1 Å². The standard InChI is InChI=1S/C14H17F4NO/c15-13-11(3-1-5-12(13)14(16,17)18)4-2-6-19-7-9-20-10-8-19/h1,3,5H,2,4,6-10H2. The minimum Gasteiger partial charge on any atom is -0.379 e. The first kappa shape index (κ1) is 15.3. The molecule has 1 saturated heterocycles. The van der Waals surface area contributed by atoms with Gasteiger partial charge >= 0.3 is 6.18 Å². The maximum atomic E-state index is 13.8. The van der Waals surface area contributed by atoms with Crippen molar-refractivity contribution >= 4 is 0 Å². The fourth-order valence-electron chi connectivity index (χ4n) is 2.31. The van der Waals surface area contributed by atoms with E-state index < -0.39 is 17.6 Å². The van der Waals surface area contributed by atoms with Gasteiger partial charge in [0.15, 0.2) is 0 Å². The van der Waals surface area contributed by atoms with Crippen LogP contribution < -0.4 is 0 Å². The van der Waals surface area contributed by atoms with Gasteiger partial charge < -0.3 is 4.74 Å². The molecule has 0 unspecified atom stereocenters. The normalized spacial score (nSPS) is 17.4. The molecule has 0 radical (unpaired) electrons. The first-order valence-electron chi connectivity index (χ1n) is 6.63. The minimum absolute atomic E-state index is 0.132. The summed E-state index contributed by atoms with van der Waals surface area (Å²) < 4.78 is 56.7. The van der Waals surface area contributed by atoms with Gasteiger partial charge in [-0.2, -0.15) is 13.2 Å². The molecular weight excluding hydrogens is 274 g/mol. The molecule has 0 bridgehead atoms. The summed E-state index contributed by atoms with van der Waals surface area (Å²) in [6, 6.07) is 3.46. The van der Waals surface area contributed by atoms with Crippen LogP contribution in [0.3, 0.4) is 0 Å². The van der Waals surface area contributed by atoms with E-state index in [2.05, 4.69) is 4.90 Å². The number of halogens is 4. The zero-order chi connectivity index (χ0) is 14.6. The highest BCUT2D eigenvalue weighted by molar-refractivity contribution is 5.28. The second kappa shape index (κ2) is 6.54. The van der Waals surface area contributed by atoms with Gasteiger partial charge in [0.2, 0.25) is 0 Å². The second-order valence-electron chi connectivity index (χ2n) is 4.83. The first-order chi connectivity index (χ1) is 9.48. The number of alkyl halides is 3. The predicted molar refractivity (Wildman–Crippen MR) is 67.0 cm³/mol. The minimum atomic E-state index is -4.63. The van der Waals surface area contributed by atoms with Crippen LogP contribution in [-0.2, 0) is 17.3 Å². The van der Waals surface area contributed by atoms with Crippen molar-refractivity contribution in [2.75, 3.05) is 32.8 Å². The van der Waals surface area contributed by atoms with Crippen LogP contribution in [0, 0.1) is 5.82 Å². The average Bonchev–Trinajstić information content (AvgIpc) is 2.40. The first-order valence-corrected chi connectivity index (χ1v) is 6.63. The molecule has 0 saturated carbocycles. The van der Waals surface area contributed by atoms with Gasteiger partial charge in [-0.15, -0.1) is 0 Å². The molecule has 1 aliphatic heterocycles. The van der Waals surface area contributed by atoms with Crippen LogP contribution in [0.1, 0.15) is 17.5 Å². The zero-order valence-corrected chi connectivity index (χ0v) is 11.0. The largest absolute Gasteiger partial charge is 0.419 e. The van der Waals surface area contributed by atoms with E-state index in [1.807, 2.05) is 0 Å². The monoisotopic (exact) mass is 291 g/mol. The number of benzene rings is 1. The Labute approximate surface area is 115 Å². The maximum Gasteiger partial charge on any atom is 0.419 e. The van der Waals surface area contributed by atoms with Crippen molar-refractivity contribution in [3.8, 4) is 0 Å². The van der Waals surface area contributed by atoms with Gasteiger partial charge in [0.05, 0.1) is 18.8 Å². The third-order valence-corrected chi connectivity index (χ3v) is 3.41. The Kier molecular flexibility index (Phi) is 4.99. The molecule has 0 N–H and O–H groups in total. The summed E-state index contributed by atoms with van der Waals surface area (Å²) in [5.74, 6) is -1.14. The van der Waals surface area contributed by atoms with Crippen molar-refractivity contribution in [1.29, 1.82) is 0 Å². The van der Waals surface area contributed by atoms with Crippen LogP contribution in [0.25, 0.3) is 0 Å². The Balaban J connectivity index is 1.92. The van der Waals surface area contributed by atoms with Gasteiger partial charge in [0, 0.05) is 13.1 Å². The second-order valence-corrected chi connectivity index (χ2v) is 4.83. The summed E-state index contributed by atoms with van der Waals surface area (Å²) >= 11 is 0. The van der Waals surface area contributed by atoms with Crippen LogP contribution in [0.15, 0.2) is 18.2 Å². The van der Waals surface area contributed by atoms with Crippen LogP contribution in [0.5, 0.6) is 0 Å². The molecule has 0 aliphatic carbocycles. The Hall–Kier alpha value is -1.14. The van der Waals surface area contributed by atoms with Crippen molar-refractivity contribution in [2.45, 2.75) is 19.0 Å². The number of hydrogen-bond acceptors (Lipinski definition) is 2. The Morgan fingerprint density at radius 2 is 1.85 bits per heavy atom. The van der Waals surface area contributed by atoms with E-state index in [1.165, 1.54) is 12.1 Å². The molecule has 1 heterocycles. The summed E-state index contributed by atoms with van der Waals surface area (Å²) in [5, 5.41) is 0. The molecule has 0 amide bonds. The number of rotatable bonds is 4. The maximum absolute atomic E-state index is 13.8. The van der Waals surface area contributed by atoms with Crippen molar-refractivity contribution in [1.82, 2.24) is 4.90 Å². The summed E-state index contributed by atoms with van der Waals surface area (Å²) in [7, 11) is 0. The van der Waals surface area contributed by atoms with Crippen molar-refractivity contribution < 1.29 is 22.3 Å². The van der Waals surface area contributed by atoms with Crippen LogP contribution in [0.4, 0.5) is 17.6 Å². The third kappa shape index (κ3) is 3.93. The lowest BCUT2D eigenvalue weighted by atomic mass is 10.0. The van der Waals surface area contributed by atoms with Crippen LogP contribution in [0.2, 0.25) is 0 Å². The number of ether oxygens (including phenoxy) is 1. The van der Waals surface area contributed by atoms with E-state index in [9.17, 15) is 17.6 Å². The summed E-state index contributed by atoms with van der Waals surface area (Å²) in [6.07, 6.45) is -3.68. The fraction of sp³-hybridized carbons (Fsp3) is 0.571. The van der Waals surface area contributed by atoms with Gasteiger partial charge in [-0.1, -0.05) is 12.1 Å². The number of nitrogens with zero attached hydrogens (tertiary/aromatic N) is 1. The molecule has 1 aromatic carbocycles. The number of hydrogen-bond donors (Lipinski definition) is 0. The quantitative estimate of drug-likeness (QED) is 0.790. The van der Waals surface area contributed by atoms with Crippen molar-refractivity contribution in [3.63, 3.8) is 0 Å². The van der Waals surface area contributed by atoms with Gasteiger partial charge in [0.1, 0.15) is 5.82 Å². The van der Waals surface area contributed by atoms with Crippen LogP contribution >= 0.6 is 0 Å². The van der Waals surface area contributed by atoms with Gasteiger partial charge in [-0.25, -0.2) is 4.39 Å². The molecule has 2 rings (SSSR count). The fourth-order valence-corrected chi connectivity index (χ4v) is 2.31. The SMILES string of the molecule is Fc1c(CCCN2CCOCC2)cccc1C(F)(F)F. The molecule has 0 atom stereocenters. The van der Waals surface area contributed by atoms with Crippen molar-refractivity contribution in [3.05, 3.63) is 35.1 Å². The topological polar surface area (TPSA) is 12.5 Å². The highest BCUT2D eigenvalue weighted by Gasteiger charge is 2.34. The molecule has 2 nitrogen and oxygen atoms in total. The Bertz CT molecular complexity index is 441.